The van der Waals surface area contributed by atoms with Crippen LogP contribution < -0.4 is 9.83 Å². The van der Waals surface area contributed by atoms with Gasteiger partial charge in [0.1, 0.15) is 0 Å². The molecule has 0 bridgehead atoms. The Balaban J connectivity index is 2.39. The number of rotatable bonds is 4. The largest absolute Gasteiger partial charge is 0.545 e. The average molecular weight is 304 g/mol. The summed E-state index contributed by atoms with van der Waals surface area (Å²) in [5, 5.41) is 11.0. The third-order valence-corrected chi connectivity index (χ3v) is 4.51. The molecular formula is C15H14NO4S-. The molecule has 1 N–H and O–H groups in total. The Hall–Kier alpha value is -2.34. The van der Waals surface area contributed by atoms with E-state index in [4.69, 9.17) is 0 Å². The fourth-order valence-electron chi connectivity index (χ4n) is 1.89. The first kappa shape index (κ1) is 15.1. The van der Waals surface area contributed by atoms with Crippen molar-refractivity contribution in [3.8, 4) is 0 Å². The molecule has 2 rings (SSSR count). The number of benzene rings is 2. The highest BCUT2D eigenvalue weighted by Crippen LogP contribution is 2.22. The summed E-state index contributed by atoms with van der Waals surface area (Å²) in [4.78, 5) is 11.1. The summed E-state index contributed by atoms with van der Waals surface area (Å²) in [5.74, 6) is -1.34. The number of aromatic carboxylic acids is 1. The maximum Gasteiger partial charge on any atom is 0.261 e. The summed E-state index contributed by atoms with van der Waals surface area (Å²) >= 11 is 0. The second kappa shape index (κ2) is 5.57. The Morgan fingerprint density at radius 2 is 1.67 bits per heavy atom. The first-order valence-corrected chi connectivity index (χ1v) is 7.70. The van der Waals surface area contributed by atoms with Gasteiger partial charge in [0.15, 0.2) is 0 Å². The van der Waals surface area contributed by atoms with Gasteiger partial charge in [0.25, 0.3) is 10.0 Å². The highest BCUT2D eigenvalue weighted by atomic mass is 32.2. The lowest BCUT2D eigenvalue weighted by molar-refractivity contribution is -0.255. The summed E-state index contributed by atoms with van der Waals surface area (Å²) in [6.07, 6.45) is 0. The van der Waals surface area contributed by atoms with E-state index in [0.29, 0.717) is 5.56 Å². The van der Waals surface area contributed by atoms with E-state index in [1.165, 1.54) is 37.3 Å². The normalized spacial score (nSPS) is 11.1. The standard InChI is InChI=1S/C15H15NO4S/c1-10-6-8-12(9-7-10)21(19,20)16-14-5-3-4-13(11(14)2)15(17)18/h3-9,16H,1-2H3,(H,17,18)/p-1. The van der Waals surface area contributed by atoms with Gasteiger partial charge in [0.2, 0.25) is 0 Å². The van der Waals surface area contributed by atoms with Gasteiger partial charge in [-0.05, 0) is 37.6 Å². The molecule has 0 saturated carbocycles. The summed E-state index contributed by atoms with van der Waals surface area (Å²) in [6, 6.07) is 10.7. The zero-order valence-corrected chi connectivity index (χ0v) is 12.4. The molecule has 0 spiro atoms. The van der Waals surface area contributed by atoms with Gasteiger partial charge in [0, 0.05) is 5.56 Å². The smallest absolute Gasteiger partial charge is 0.261 e. The van der Waals surface area contributed by atoms with E-state index in [2.05, 4.69) is 4.72 Å². The van der Waals surface area contributed by atoms with Crippen LogP contribution in [0.3, 0.4) is 0 Å². The number of anilines is 1. The van der Waals surface area contributed by atoms with Crippen molar-refractivity contribution in [1.82, 2.24) is 0 Å². The van der Waals surface area contributed by atoms with Crippen LogP contribution in [0.5, 0.6) is 0 Å². The predicted molar refractivity (Wildman–Crippen MR) is 77.5 cm³/mol. The lowest BCUT2D eigenvalue weighted by Crippen LogP contribution is -2.24. The maximum absolute atomic E-state index is 12.3. The van der Waals surface area contributed by atoms with Crippen molar-refractivity contribution in [2.24, 2.45) is 0 Å². The number of carbonyl (C=O) groups excluding carboxylic acids is 1. The van der Waals surface area contributed by atoms with Crippen LogP contribution in [-0.2, 0) is 10.0 Å². The fraction of sp³-hybridized carbons (Fsp3) is 0.133. The molecule has 5 nitrogen and oxygen atoms in total. The minimum absolute atomic E-state index is 0.0425. The highest BCUT2D eigenvalue weighted by Gasteiger charge is 2.16. The summed E-state index contributed by atoms with van der Waals surface area (Å²) in [5.41, 5.74) is 1.44. The van der Waals surface area contributed by atoms with Gasteiger partial charge in [-0.2, -0.15) is 0 Å². The molecule has 6 heteroatoms. The van der Waals surface area contributed by atoms with Crippen molar-refractivity contribution < 1.29 is 18.3 Å². The minimum Gasteiger partial charge on any atom is -0.545 e. The fourth-order valence-corrected chi connectivity index (χ4v) is 3.01. The number of nitrogens with one attached hydrogen (secondary N) is 1. The van der Waals surface area contributed by atoms with E-state index in [0.717, 1.165) is 5.56 Å². The summed E-state index contributed by atoms with van der Waals surface area (Å²) in [7, 11) is -3.76. The van der Waals surface area contributed by atoms with Crippen molar-refractivity contribution in [2.75, 3.05) is 4.72 Å². The molecule has 21 heavy (non-hydrogen) atoms. The number of carboxylic acids is 1. The van der Waals surface area contributed by atoms with Crippen LogP contribution in [0.4, 0.5) is 5.69 Å². The van der Waals surface area contributed by atoms with E-state index < -0.39 is 16.0 Å². The van der Waals surface area contributed by atoms with Crippen LogP contribution in [-0.4, -0.2) is 14.4 Å². The number of carbonyl (C=O) groups is 1. The number of hydrogen-bond acceptors (Lipinski definition) is 4. The molecule has 110 valence electrons. The van der Waals surface area contributed by atoms with Crippen LogP contribution in [0.25, 0.3) is 0 Å². The van der Waals surface area contributed by atoms with Gasteiger partial charge < -0.3 is 9.90 Å². The number of sulfonamides is 1. The first-order valence-electron chi connectivity index (χ1n) is 6.22. The molecule has 0 unspecified atom stereocenters. The third kappa shape index (κ3) is 3.22. The molecule has 0 heterocycles. The summed E-state index contributed by atoms with van der Waals surface area (Å²) < 4.78 is 26.9. The monoisotopic (exact) mass is 304 g/mol. The van der Waals surface area contributed by atoms with Crippen LogP contribution in [0.2, 0.25) is 0 Å². The van der Waals surface area contributed by atoms with Gasteiger partial charge in [-0.1, -0.05) is 29.8 Å². The topological polar surface area (TPSA) is 86.3 Å². The number of aryl methyl sites for hydroxylation is 1. The van der Waals surface area contributed by atoms with Crippen molar-refractivity contribution >= 4 is 21.7 Å². The van der Waals surface area contributed by atoms with Gasteiger partial charge >= 0.3 is 0 Å². The van der Waals surface area contributed by atoms with Crippen molar-refractivity contribution in [3.63, 3.8) is 0 Å². The van der Waals surface area contributed by atoms with E-state index >= 15 is 0 Å². The SMILES string of the molecule is Cc1ccc(S(=O)(=O)Nc2cccc(C(=O)[O-])c2C)cc1. The van der Waals surface area contributed by atoms with Crippen LogP contribution in [0.15, 0.2) is 47.4 Å². The first-order chi connectivity index (χ1) is 9.81. The molecule has 0 atom stereocenters. The molecule has 0 aliphatic rings. The quantitative estimate of drug-likeness (QED) is 0.926. The molecule has 2 aromatic carbocycles. The van der Waals surface area contributed by atoms with E-state index in [1.807, 2.05) is 6.92 Å². The highest BCUT2D eigenvalue weighted by molar-refractivity contribution is 7.92. The molecular weight excluding hydrogens is 290 g/mol. The molecule has 2 aromatic rings. The van der Waals surface area contributed by atoms with Gasteiger partial charge in [0.05, 0.1) is 16.6 Å². The lowest BCUT2D eigenvalue weighted by atomic mass is 10.1. The lowest BCUT2D eigenvalue weighted by Gasteiger charge is -2.14. The van der Waals surface area contributed by atoms with Crippen molar-refractivity contribution in [2.45, 2.75) is 18.7 Å². The van der Waals surface area contributed by atoms with Crippen LogP contribution in [0.1, 0.15) is 21.5 Å². The number of hydrogen-bond donors (Lipinski definition) is 1. The Morgan fingerprint density at radius 3 is 2.24 bits per heavy atom. The molecule has 0 aliphatic carbocycles. The third-order valence-electron chi connectivity index (χ3n) is 3.13. The maximum atomic E-state index is 12.3. The van der Waals surface area contributed by atoms with Gasteiger partial charge in [-0.15, -0.1) is 0 Å². The Bertz CT molecular complexity index is 780. The zero-order valence-electron chi connectivity index (χ0n) is 11.6. The molecule has 0 fully saturated rings. The minimum atomic E-state index is -3.76. The van der Waals surface area contributed by atoms with E-state index in [1.54, 1.807) is 12.1 Å². The summed E-state index contributed by atoms with van der Waals surface area (Å²) in [6.45, 7) is 3.38. The zero-order chi connectivity index (χ0) is 15.6. The second-order valence-corrected chi connectivity index (χ2v) is 6.37. The van der Waals surface area contributed by atoms with Gasteiger partial charge in [-0.25, -0.2) is 8.42 Å². The van der Waals surface area contributed by atoms with Crippen LogP contribution >= 0.6 is 0 Å². The number of carboxylic acid groups (broad SMARTS) is 1. The molecule has 0 saturated heterocycles. The van der Waals surface area contributed by atoms with Crippen molar-refractivity contribution in [3.05, 3.63) is 59.2 Å². The van der Waals surface area contributed by atoms with Gasteiger partial charge in [-0.3, -0.25) is 4.72 Å². The van der Waals surface area contributed by atoms with E-state index in [-0.39, 0.29) is 16.1 Å². The van der Waals surface area contributed by atoms with Crippen LogP contribution in [0, 0.1) is 13.8 Å². The average Bonchev–Trinajstić information content (AvgIpc) is 2.41. The molecule has 0 aromatic heterocycles. The molecule has 0 amide bonds. The Kier molecular flexibility index (Phi) is 3.99. The Labute approximate surface area is 123 Å². The van der Waals surface area contributed by atoms with Crippen molar-refractivity contribution in [1.29, 1.82) is 0 Å². The predicted octanol–water partition coefficient (Wildman–Crippen LogP) is 1.47. The molecule has 0 aliphatic heterocycles. The Morgan fingerprint density at radius 1 is 1.05 bits per heavy atom. The second-order valence-electron chi connectivity index (χ2n) is 4.68. The van der Waals surface area contributed by atoms with E-state index in [9.17, 15) is 18.3 Å². The molecule has 0 radical (unpaired) electrons.